The third-order valence-electron chi connectivity index (χ3n) is 15.4. The molecule has 0 spiro atoms. The van der Waals surface area contributed by atoms with Crippen molar-refractivity contribution in [2.24, 2.45) is 75.9 Å². The predicted octanol–water partition coefficient (Wildman–Crippen LogP) is 7.19. The number of carbonyl (C=O) groups is 1. The molecular weight excluding hydrogens is 510 g/mol. The molecule has 0 aromatic carbocycles. The molecule has 0 heterocycles. The first-order valence-corrected chi connectivity index (χ1v) is 17.9. The summed E-state index contributed by atoms with van der Waals surface area (Å²) >= 11 is 0. The third-order valence-corrected chi connectivity index (χ3v) is 15.4. The van der Waals surface area contributed by atoms with Gasteiger partial charge in [-0.15, -0.1) is 0 Å². The number of amides is 1. The first-order chi connectivity index (χ1) is 19.6. The maximum atomic E-state index is 12.9. The van der Waals surface area contributed by atoms with E-state index in [0.29, 0.717) is 59.8 Å². The van der Waals surface area contributed by atoms with Gasteiger partial charge in [0.15, 0.2) is 0 Å². The highest BCUT2D eigenvalue weighted by atomic mass is 16.6. The topological polar surface area (TPSA) is 78.8 Å². The number of aliphatic hydroxyl groups excluding tert-OH is 2. The summed E-state index contributed by atoms with van der Waals surface area (Å²) in [5, 5.41) is 25.7. The Hall–Kier alpha value is -0.810. The molecule has 3 N–H and O–H groups in total. The van der Waals surface area contributed by atoms with Crippen molar-refractivity contribution in [1.82, 2.24) is 5.32 Å². The summed E-state index contributed by atoms with van der Waals surface area (Å²) in [6.07, 6.45) is 16.1. The zero-order valence-corrected chi connectivity index (χ0v) is 26.4. The smallest absolute Gasteiger partial charge is 0.407 e. The van der Waals surface area contributed by atoms with Gasteiger partial charge in [-0.05, 0) is 159 Å². The number of nitrogens with one attached hydrogen (secondary N) is 1. The van der Waals surface area contributed by atoms with Gasteiger partial charge in [-0.2, -0.15) is 0 Å². The van der Waals surface area contributed by atoms with Crippen LogP contribution in [0.2, 0.25) is 0 Å². The van der Waals surface area contributed by atoms with Crippen LogP contribution >= 0.6 is 0 Å². The molecule has 5 heteroatoms. The molecule has 4 bridgehead atoms. The quantitative estimate of drug-likeness (QED) is 0.316. The van der Waals surface area contributed by atoms with E-state index < -0.39 is 0 Å². The Kier molecular flexibility index (Phi) is 7.53. The molecule has 8 saturated carbocycles. The minimum atomic E-state index is -0.228. The highest BCUT2D eigenvalue weighted by Crippen LogP contribution is 2.69. The summed E-state index contributed by atoms with van der Waals surface area (Å²) < 4.78 is 6.10. The Morgan fingerprint density at radius 2 is 1.54 bits per heavy atom. The van der Waals surface area contributed by atoms with Crippen molar-refractivity contribution in [2.75, 3.05) is 6.54 Å². The van der Waals surface area contributed by atoms with E-state index >= 15 is 0 Å². The van der Waals surface area contributed by atoms with E-state index in [2.05, 4.69) is 33.0 Å². The van der Waals surface area contributed by atoms with Crippen molar-refractivity contribution in [3.05, 3.63) is 0 Å². The molecule has 0 saturated heterocycles. The van der Waals surface area contributed by atoms with E-state index in [1.165, 1.54) is 57.8 Å². The lowest BCUT2D eigenvalue weighted by molar-refractivity contribution is -0.203. The van der Waals surface area contributed by atoms with Gasteiger partial charge >= 0.3 is 6.09 Å². The van der Waals surface area contributed by atoms with E-state index in [4.69, 9.17) is 4.74 Å². The van der Waals surface area contributed by atoms with E-state index in [-0.39, 0.29) is 35.2 Å². The van der Waals surface area contributed by atoms with Crippen LogP contribution in [-0.2, 0) is 4.74 Å². The van der Waals surface area contributed by atoms with Gasteiger partial charge in [-0.3, -0.25) is 0 Å². The fourth-order valence-electron chi connectivity index (χ4n) is 13.8. The minimum absolute atomic E-state index is 0.160. The molecular formula is C36H59NO4. The number of alkyl carbamates (subject to hydrolysis) is 1. The van der Waals surface area contributed by atoms with E-state index in [9.17, 15) is 15.0 Å². The first kappa shape index (κ1) is 28.9. The monoisotopic (exact) mass is 569 g/mol. The number of fused-ring (bicyclic) bond motifs is 5. The second-order valence-corrected chi connectivity index (χ2v) is 17.1. The fraction of sp³-hybridized carbons (Fsp3) is 0.972. The molecule has 8 fully saturated rings. The summed E-state index contributed by atoms with van der Waals surface area (Å²) in [7, 11) is 0. The molecule has 0 aromatic rings. The number of aliphatic hydroxyl groups is 2. The zero-order valence-electron chi connectivity index (χ0n) is 26.4. The predicted molar refractivity (Wildman–Crippen MR) is 161 cm³/mol. The lowest BCUT2D eigenvalue weighted by Gasteiger charge is -2.64. The average molecular weight is 570 g/mol. The second kappa shape index (κ2) is 10.7. The number of rotatable bonds is 6. The van der Waals surface area contributed by atoms with Gasteiger partial charge in [0, 0.05) is 6.54 Å². The Balaban J connectivity index is 0.969. The van der Waals surface area contributed by atoms with Crippen LogP contribution < -0.4 is 5.32 Å². The van der Waals surface area contributed by atoms with Crippen molar-refractivity contribution in [3.8, 4) is 0 Å². The van der Waals surface area contributed by atoms with Crippen LogP contribution in [0.25, 0.3) is 0 Å². The molecule has 8 aliphatic rings. The number of ether oxygens (including phenoxy) is 1. The largest absolute Gasteiger partial charge is 0.446 e. The van der Waals surface area contributed by atoms with E-state index in [0.717, 1.165) is 43.9 Å². The van der Waals surface area contributed by atoms with E-state index in [1.807, 2.05) is 0 Å². The number of hydrogen-bond acceptors (Lipinski definition) is 4. The molecule has 1 amide bonds. The Morgan fingerprint density at radius 3 is 2.22 bits per heavy atom. The standard InChI is InChI=1S/C36H59NO4/c1-5-26-30-19-25(38)8-11-36(30,4)29-9-12-35(3)27(6-7-28(35)31(29)32(26)39)20(2)10-13-37-34(40)41-33-23-15-21-14-22(17-23)18-24(33)16-21/h20-33,38-39H,5-19H2,1-4H3,(H,37,40)/t20?,21?,22?,23?,24?,25-,26-,27-,28?,29?,30+,31?,32-,33?,35-,36-/m1/s1. The summed E-state index contributed by atoms with van der Waals surface area (Å²) in [6.45, 7) is 10.5. The molecule has 0 aromatic heterocycles. The summed E-state index contributed by atoms with van der Waals surface area (Å²) in [4.78, 5) is 12.9. The van der Waals surface area contributed by atoms with Crippen LogP contribution in [0.1, 0.15) is 118 Å². The van der Waals surface area contributed by atoms with Crippen LogP contribution in [0.15, 0.2) is 0 Å². The molecule has 0 aliphatic heterocycles. The Bertz CT molecular complexity index is 957. The molecule has 5 nitrogen and oxygen atoms in total. The third kappa shape index (κ3) is 4.63. The summed E-state index contributed by atoms with van der Waals surface area (Å²) in [5.74, 6) is 6.59. The van der Waals surface area contributed by atoms with Gasteiger partial charge in [-0.25, -0.2) is 4.79 Å². The van der Waals surface area contributed by atoms with Crippen molar-refractivity contribution in [1.29, 1.82) is 0 Å². The van der Waals surface area contributed by atoms with Crippen molar-refractivity contribution in [3.63, 3.8) is 0 Å². The van der Waals surface area contributed by atoms with Crippen molar-refractivity contribution in [2.45, 2.75) is 136 Å². The zero-order chi connectivity index (χ0) is 28.7. The number of carbonyl (C=O) groups excluding carboxylic acids is 1. The van der Waals surface area contributed by atoms with Crippen LogP contribution in [0.5, 0.6) is 0 Å². The van der Waals surface area contributed by atoms with Crippen molar-refractivity contribution < 1.29 is 19.7 Å². The molecule has 4 unspecified atom stereocenters. The van der Waals surface area contributed by atoms with Crippen LogP contribution in [0.4, 0.5) is 4.79 Å². The fourth-order valence-corrected chi connectivity index (χ4v) is 13.8. The van der Waals surface area contributed by atoms with Gasteiger partial charge in [0.1, 0.15) is 6.10 Å². The van der Waals surface area contributed by atoms with Gasteiger partial charge in [0.2, 0.25) is 0 Å². The number of hydrogen-bond donors (Lipinski definition) is 3. The SMILES string of the molecule is CC[C@H]1[C@@H](O)C2C3CC[C@H](C(C)CCNC(=O)OC4C5CC6CC(C5)CC4C6)[C@@]3(C)CCC2[C@@]2(C)CC[C@@H](O)C[C@@H]12. The van der Waals surface area contributed by atoms with Crippen LogP contribution in [0.3, 0.4) is 0 Å². The minimum Gasteiger partial charge on any atom is -0.446 e. The maximum absolute atomic E-state index is 12.9. The normalized spacial score (nSPS) is 54.1. The van der Waals surface area contributed by atoms with Gasteiger partial charge < -0.3 is 20.3 Å². The Labute approximate surface area is 249 Å². The molecule has 0 radical (unpaired) electrons. The average Bonchev–Trinajstić information content (AvgIpc) is 3.29. The van der Waals surface area contributed by atoms with Crippen LogP contribution in [0, 0.1) is 75.9 Å². The lowest BCUT2D eigenvalue weighted by Crippen LogP contribution is -2.62. The molecule has 41 heavy (non-hydrogen) atoms. The Morgan fingerprint density at radius 1 is 0.878 bits per heavy atom. The van der Waals surface area contributed by atoms with Crippen LogP contribution in [-0.4, -0.2) is 41.2 Å². The van der Waals surface area contributed by atoms with Gasteiger partial charge in [0.25, 0.3) is 0 Å². The summed E-state index contributed by atoms with van der Waals surface area (Å²) in [6, 6.07) is 0. The van der Waals surface area contributed by atoms with E-state index in [1.54, 1.807) is 0 Å². The first-order valence-electron chi connectivity index (χ1n) is 17.9. The highest BCUT2D eigenvalue weighted by Gasteiger charge is 2.65. The molecule has 8 rings (SSSR count). The summed E-state index contributed by atoms with van der Waals surface area (Å²) in [5.41, 5.74) is 0.536. The molecule has 11 atom stereocenters. The second-order valence-electron chi connectivity index (χ2n) is 17.1. The molecule has 8 aliphatic carbocycles. The molecule has 232 valence electrons. The van der Waals surface area contributed by atoms with Gasteiger partial charge in [0.05, 0.1) is 12.2 Å². The van der Waals surface area contributed by atoms with Crippen molar-refractivity contribution >= 4 is 6.09 Å². The van der Waals surface area contributed by atoms with Gasteiger partial charge in [-0.1, -0.05) is 34.1 Å². The lowest BCUT2D eigenvalue weighted by atomic mass is 9.41. The highest BCUT2D eigenvalue weighted by molar-refractivity contribution is 5.67. The maximum Gasteiger partial charge on any atom is 0.407 e.